The van der Waals surface area contributed by atoms with E-state index in [1.807, 2.05) is 29.2 Å². The molecule has 126 valence electrons. The number of aromatic nitrogens is 1. The van der Waals surface area contributed by atoms with Gasteiger partial charge in [0.2, 0.25) is 0 Å². The first-order chi connectivity index (χ1) is 11.7. The number of methoxy groups -OCH3 is 1. The molecule has 1 fully saturated rings. The minimum Gasteiger partial charge on any atom is -0.497 e. The van der Waals surface area contributed by atoms with Crippen molar-refractivity contribution >= 4 is 11.7 Å². The molecule has 0 spiro atoms. The van der Waals surface area contributed by atoms with E-state index in [0.717, 1.165) is 24.3 Å². The number of nitrogens with two attached hydrogens (primary N) is 1. The third kappa shape index (κ3) is 3.76. The zero-order chi connectivity index (χ0) is 16.9. The number of likely N-dealkylation sites (tertiary alicyclic amines) is 1. The summed E-state index contributed by atoms with van der Waals surface area (Å²) in [5.74, 6) is 1.98. The number of nitrogen functional groups attached to an aromatic ring is 1. The van der Waals surface area contributed by atoms with Crippen LogP contribution in [-0.4, -0.2) is 42.1 Å². The van der Waals surface area contributed by atoms with Crippen LogP contribution in [0.25, 0.3) is 0 Å². The van der Waals surface area contributed by atoms with Crippen molar-refractivity contribution in [1.29, 1.82) is 0 Å². The van der Waals surface area contributed by atoms with Gasteiger partial charge in [0, 0.05) is 37.7 Å². The van der Waals surface area contributed by atoms with Crippen molar-refractivity contribution in [3.8, 4) is 11.5 Å². The molecule has 0 bridgehead atoms. The summed E-state index contributed by atoms with van der Waals surface area (Å²) in [5, 5.41) is 0. The maximum Gasteiger partial charge on any atom is 0.254 e. The maximum atomic E-state index is 12.5. The molecule has 0 saturated carbocycles. The number of anilines is 1. The number of pyridine rings is 1. The summed E-state index contributed by atoms with van der Waals surface area (Å²) in [6.45, 7) is 1.34. The highest BCUT2D eigenvalue weighted by molar-refractivity contribution is 5.94. The number of piperidine rings is 1. The van der Waals surface area contributed by atoms with Gasteiger partial charge in [0.1, 0.15) is 23.4 Å². The summed E-state index contributed by atoms with van der Waals surface area (Å²) in [5.41, 5.74) is 6.22. The summed E-state index contributed by atoms with van der Waals surface area (Å²) in [4.78, 5) is 18.2. The molecule has 1 saturated heterocycles. The van der Waals surface area contributed by atoms with Gasteiger partial charge in [-0.3, -0.25) is 4.79 Å². The normalized spacial score (nSPS) is 15.1. The number of hydrogen-bond acceptors (Lipinski definition) is 5. The van der Waals surface area contributed by atoms with Crippen molar-refractivity contribution in [3.63, 3.8) is 0 Å². The zero-order valence-corrected chi connectivity index (χ0v) is 13.6. The standard InChI is InChI=1S/C18H21N3O3/c1-23-14-2-4-15(5-3-14)24-16-7-10-21(11-8-16)18(22)13-6-9-20-17(19)12-13/h2-6,9,12,16H,7-8,10-11H2,1H3,(H2,19,20). The fourth-order valence-corrected chi connectivity index (χ4v) is 2.79. The lowest BCUT2D eigenvalue weighted by Gasteiger charge is -2.32. The maximum absolute atomic E-state index is 12.5. The quantitative estimate of drug-likeness (QED) is 0.933. The molecular weight excluding hydrogens is 306 g/mol. The Morgan fingerprint density at radius 3 is 2.46 bits per heavy atom. The predicted molar refractivity (Wildman–Crippen MR) is 91.2 cm³/mol. The van der Waals surface area contributed by atoms with Gasteiger partial charge < -0.3 is 20.1 Å². The van der Waals surface area contributed by atoms with E-state index in [0.29, 0.717) is 24.5 Å². The van der Waals surface area contributed by atoms with Gasteiger partial charge in [-0.05, 0) is 36.4 Å². The van der Waals surface area contributed by atoms with Gasteiger partial charge >= 0.3 is 0 Å². The Balaban J connectivity index is 1.54. The SMILES string of the molecule is COc1ccc(OC2CCN(C(=O)c3ccnc(N)c3)CC2)cc1. The Morgan fingerprint density at radius 1 is 1.17 bits per heavy atom. The largest absolute Gasteiger partial charge is 0.497 e. The fraction of sp³-hybridized carbons (Fsp3) is 0.333. The topological polar surface area (TPSA) is 77.7 Å². The van der Waals surface area contributed by atoms with Crippen LogP contribution >= 0.6 is 0 Å². The van der Waals surface area contributed by atoms with Crippen molar-refractivity contribution in [3.05, 3.63) is 48.2 Å². The number of carbonyl (C=O) groups excluding carboxylic acids is 1. The summed E-state index contributed by atoms with van der Waals surface area (Å²) < 4.78 is 11.1. The molecule has 0 aliphatic carbocycles. The van der Waals surface area contributed by atoms with Gasteiger partial charge in [0.15, 0.2) is 0 Å². The molecule has 6 heteroatoms. The first kappa shape index (κ1) is 16.1. The van der Waals surface area contributed by atoms with Crippen LogP contribution in [0.3, 0.4) is 0 Å². The number of nitrogens with zero attached hydrogens (tertiary/aromatic N) is 2. The summed E-state index contributed by atoms with van der Waals surface area (Å²) >= 11 is 0. The molecule has 1 aliphatic rings. The van der Waals surface area contributed by atoms with Crippen LogP contribution in [0, 0.1) is 0 Å². The van der Waals surface area contributed by atoms with Gasteiger partial charge in [-0.15, -0.1) is 0 Å². The van der Waals surface area contributed by atoms with E-state index in [-0.39, 0.29) is 12.0 Å². The molecule has 1 aromatic carbocycles. The van der Waals surface area contributed by atoms with Crippen LogP contribution < -0.4 is 15.2 Å². The fourth-order valence-electron chi connectivity index (χ4n) is 2.79. The van der Waals surface area contributed by atoms with E-state index in [1.165, 1.54) is 0 Å². The third-order valence-electron chi connectivity index (χ3n) is 4.12. The molecule has 0 unspecified atom stereocenters. The number of amides is 1. The second-order valence-corrected chi connectivity index (χ2v) is 5.75. The van der Waals surface area contributed by atoms with E-state index in [4.69, 9.17) is 15.2 Å². The van der Waals surface area contributed by atoms with Gasteiger partial charge in [-0.2, -0.15) is 0 Å². The number of hydrogen-bond donors (Lipinski definition) is 1. The van der Waals surface area contributed by atoms with Crippen LogP contribution in [0.5, 0.6) is 11.5 Å². The highest BCUT2D eigenvalue weighted by Gasteiger charge is 2.24. The van der Waals surface area contributed by atoms with Gasteiger partial charge in [-0.1, -0.05) is 0 Å². The Hall–Kier alpha value is -2.76. The lowest BCUT2D eigenvalue weighted by Crippen LogP contribution is -2.41. The molecule has 1 aromatic heterocycles. The second-order valence-electron chi connectivity index (χ2n) is 5.75. The molecule has 3 rings (SSSR count). The number of carbonyl (C=O) groups is 1. The van der Waals surface area contributed by atoms with E-state index in [2.05, 4.69) is 4.98 Å². The van der Waals surface area contributed by atoms with Crippen LogP contribution in [0.15, 0.2) is 42.6 Å². The molecule has 2 N–H and O–H groups in total. The van der Waals surface area contributed by atoms with Crippen molar-refractivity contribution in [2.24, 2.45) is 0 Å². The van der Waals surface area contributed by atoms with Gasteiger partial charge in [0.25, 0.3) is 5.91 Å². The summed E-state index contributed by atoms with van der Waals surface area (Å²) in [6.07, 6.45) is 3.28. The van der Waals surface area contributed by atoms with Crippen LogP contribution in [0.1, 0.15) is 23.2 Å². The number of ether oxygens (including phenoxy) is 2. The smallest absolute Gasteiger partial charge is 0.254 e. The second kappa shape index (κ2) is 7.21. The summed E-state index contributed by atoms with van der Waals surface area (Å²) in [7, 11) is 1.64. The predicted octanol–water partition coefficient (Wildman–Crippen LogP) is 2.36. The van der Waals surface area contributed by atoms with Crippen LogP contribution in [-0.2, 0) is 0 Å². The third-order valence-corrected chi connectivity index (χ3v) is 4.12. The van der Waals surface area contributed by atoms with E-state index < -0.39 is 0 Å². The Labute approximate surface area is 141 Å². The molecule has 6 nitrogen and oxygen atoms in total. The lowest BCUT2D eigenvalue weighted by atomic mass is 10.1. The van der Waals surface area contributed by atoms with Crippen molar-refractivity contribution in [1.82, 2.24) is 9.88 Å². The average Bonchev–Trinajstić information content (AvgIpc) is 2.62. The van der Waals surface area contributed by atoms with Crippen molar-refractivity contribution in [2.45, 2.75) is 18.9 Å². The minimum atomic E-state index is -0.00741. The molecule has 2 aromatic rings. The van der Waals surface area contributed by atoms with Crippen LogP contribution in [0.4, 0.5) is 5.82 Å². The summed E-state index contributed by atoms with van der Waals surface area (Å²) in [6, 6.07) is 10.9. The van der Waals surface area contributed by atoms with Gasteiger partial charge in [0.05, 0.1) is 7.11 Å². The molecule has 2 heterocycles. The number of benzene rings is 1. The molecule has 0 atom stereocenters. The van der Waals surface area contributed by atoms with E-state index >= 15 is 0 Å². The molecule has 24 heavy (non-hydrogen) atoms. The Bertz CT molecular complexity index is 695. The zero-order valence-electron chi connectivity index (χ0n) is 13.6. The molecule has 1 amide bonds. The molecule has 1 aliphatic heterocycles. The van der Waals surface area contributed by atoms with E-state index in [9.17, 15) is 4.79 Å². The lowest BCUT2D eigenvalue weighted by molar-refractivity contribution is 0.0595. The van der Waals surface area contributed by atoms with Crippen molar-refractivity contribution in [2.75, 3.05) is 25.9 Å². The Kier molecular flexibility index (Phi) is 4.84. The first-order valence-corrected chi connectivity index (χ1v) is 7.97. The first-order valence-electron chi connectivity index (χ1n) is 7.97. The minimum absolute atomic E-state index is 0.00741. The molecular formula is C18H21N3O3. The highest BCUT2D eigenvalue weighted by atomic mass is 16.5. The van der Waals surface area contributed by atoms with Crippen molar-refractivity contribution < 1.29 is 14.3 Å². The van der Waals surface area contributed by atoms with Gasteiger partial charge in [-0.25, -0.2) is 4.98 Å². The Morgan fingerprint density at radius 2 is 1.83 bits per heavy atom. The monoisotopic (exact) mass is 327 g/mol. The molecule has 0 radical (unpaired) electrons. The average molecular weight is 327 g/mol. The van der Waals surface area contributed by atoms with E-state index in [1.54, 1.807) is 25.4 Å². The highest BCUT2D eigenvalue weighted by Crippen LogP contribution is 2.22. The number of rotatable bonds is 4. The van der Waals surface area contributed by atoms with Crippen LogP contribution in [0.2, 0.25) is 0 Å².